The first-order valence-corrected chi connectivity index (χ1v) is 39.9. The van der Waals surface area contributed by atoms with Gasteiger partial charge in [-0.05, 0) is 219 Å². The summed E-state index contributed by atoms with van der Waals surface area (Å²) in [6.07, 6.45) is 20.7. The molecule has 12 aromatic rings. The van der Waals surface area contributed by atoms with Crippen LogP contribution >= 0.6 is 0 Å². The number of phenolic OH excluding ortho intramolecular Hbond substituents is 1. The number of benzene rings is 9. The molecule has 0 spiro atoms. The zero-order valence-electron chi connectivity index (χ0n) is 66.1. The van der Waals surface area contributed by atoms with Crippen LogP contribution in [0.15, 0.2) is 257 Å². The van der Waals surface area contributed by atoms with E-state index in [1.54, 1.807) is 80.2 Å². The number of allylic oxidation sites excluding steroid dienone is 3. The Hall–Kier alpha value is -13.4. The normalized spacial score (nSPS) is 13.2. The van der Waals surface area contributed by atoms with Crippen LogP contribution in [0.5, 0.6) is 11.5 Å². The second-order valence-electron chi connectivity index (χ2n) is 29.4. The minimum absolute atomic E-state index is 0.0570. The van der Waals surface area contributed by atoms with Gasteiger partial charge in [0.2, 0.25) is 17.8 Å². The van der Waals surface area contributed by atoms with Gasteiger partial charge in [0.15, 0.2) is 17.3 Å². The summed E-state index contributed by atoms with van der Waals surface area (Å²) in [6, 6.07) is 60.4. The second kappa shape index (κ2) is 40.2. The van der Waals surface area contributed by atoms with Crippen LogP contribution in [0, 0.1) is 23.3 Å². The van der Waals surface area contributed by atoms with Crippen LogP contribution < -0.4 is 35.4 Å². The van der Waals surface area contributed by atoms with E-state index in [4.69, 9.17) is 19.7 Å². The fourth-order valence-electron chi connectivity index (χ4n) is 14.8. The molecule has 0 aliphatic carbocycles. The Labute approximate surface area is 686 Å². The summed E-state index contributed by atoms with van der Waals surface area (Å²) < 4.78 is 64.0. The highest BCUT2D eigenvalue weighted by molar-refractivity contribution is 5.92. The van der Waals surface area contributed by atoms with Gasteiger partial charge in [-0.15, -0.1) is 0 Å². The Morgan fingerprint density at radius 3 is 1.05 bits per heavy atom. The molecule has 3 fully saturated rings. The number of carbonyl (C=O) groups is 3. The Morgan fingerprint density at radius 2 is 0.695 bits per heavy atom. The second-order valence-corrected chi connectivity index (χ2v) is 29.4. The number of rotatable bonds is 28. The molecule has 15 rings (SSSR count). The van der Waals surface area contributed by atoms with E-state index in [9.17, 15) is 37.1 Å². The number of methoxy groups -OCH3 is 1. The topological polar surface area (TPSA) is 204 Å². The summed E-state index contributed by atoms with van der Waals surface area (Å²) in [6.45, 7) is 16.0. The molecule has 21 heteroatoms. The number of nitrogens with zero attached hydrogens (tertiary/aromatic N) is 9. The molecule has 4 N–H and O–H groups in total. The Balaban J connectivity index is 0.000000153. The van der Waals surface area contributed by atoms with Gasteiger partial charge in [-0.2, -0.15) is 0 Å². The van der Waals surface area contributed by atoms with Gasteiger partial charge < -0.3 is 40.5 Å². The number of hydrogen-bond donors (Lipinski definition) is 4. The van der Waals surface area contributed by atoms with Crippen LogP contribution in [-0.4, -0.2) is 98.7 Å². The van der Waals surface area contributed by atoms with Gasteiger partial charge >= 0.3 is 0 Å². The number of nitrogens with one attached hydrogen (secondary N) is 3. The molecule has 0 radical (unpaired) electrons. The van der Waals surface area contributed by atoms with Gasteiger partial charge in [0, 0.05) is 147 Å². The van der Waals surface area contributed by atoms with Gasteiger partial charge in [-0.1, -0.05) is 111 Å². The van der Waals surface area contributed by atoms with E-state index >= 15 is 0 Å². The van der Waals surface area contributed by atoms with Gasteiger partial charge in [0.1, 0.15) is 34.8 Å². The molecular formula is C97H94F4N12O5. The van der Waals surface area contributed by atoms with Crippen molar-refractivity contribution in [3.05, 3.63) is 330 Å². The van der Waals surface area contributed by atoms with Crippen molar-refractivity contribution in [2.45, 2.75) is 96.3 Å². The maximum absolute atomic E-state index is 14.7. The zero-order chi connectivity index (χ0) is 82.3. The number of aromatic nitrogens is 6. The van der Waals surface area contributed by atoms with Crippen LogP contribution in [0.3, 0.4) is 0 Å². The maximum atomic E-state index is 14.7. The molecule has 3 aliphatic rings. The number of phenols is 1. The van der Waals surface area contributed by atoms with Crippen molar-refractivity contribution >= 4 is 69.3 Å². The summed E-state index contributed by atoms with van der Waals surface area (Å²) in [5, 5.41) is 20.3. The summed E-state index contributed by atoms with van der Waals surface area (Å²) >= 11 is 0. The lowest BCUT2D eigenvalue weighted by Crippen LogP contribution is -2.30. The molecule has 3 saturated heterocycles. The van der Waals surface area contributed by atoms with Gasteiger partial charge in [-0.3, -0.25) is 14.4 Å². The van der Waals surface area contributed by atoms with Crippen molar-refractivity contribution in [1.29, 1.82) is 0 Å². The fraction of sp³-hybridized carbons (Fsp3) is 0.227. The van der Waals surface area contributed by atoms with Crippen LogP contribution in [-0.2, 0) is 52.9 Å². The van der Waals surface area contributed by atoms with Crippen molar-refractivity contribution in [1.82, 2.24) is 29.9 Å². The lowest BCUT2D eigenvalue weighted by molar-refractivity contribution is -0.114. The molecule has 9 aromatic carbocycles. The number of ketones is 3. The van der Waals surface area contributed by atoms with Crippen LogP contribution in [0.1, 0.15) is 108 Å². The third-order valence-corrected chi connectivity index (χ3v) is 21.0. The summed E-state index contributed by atoms with van der Waals surface area (Å²) in [7, 11) is 1.69. The summed E-state index contributed by atoms with van der Waals surface area (Å²) in [5.41, 5.74) is 15.5. The lowest BCUT2D eigenvalue weighted by atomic mass is 9.98. The average molecular weight is 1580 g/mol. The monoisotopic (exact) mass is 1580 g/mol. The highest BCUT2D eigenvalue weighted by Gasteiger charge is 2.24. The smallest absolute Gasteiger partial charge is 0.227 e. The first-order chi connectivity index (χ1) is 57.5. The number of piperidine rings is 3. The molecule has 0 bridgehead atoms. The molecule has 0 atom stereocenters. The number of halogens is 4. The van der Waals surface area contributed by atoms with Gasteiger partial charge in [0.25, 0.3) is 0 Å². The van der Waals surface area contributed by atoms with E-state index < -0.39 is 17.5 Å². The predicted molar refractivity (Wildman–Crippen MR) is 462 cm³/mol. The van der Waals surface area contributed by atoms with Crippen molar-refractivity contribution in [2.75, 3.05) is 77.0 Å². The van der Waals surface area contributed by atoms with Crippen LogP contribution in [0.2, 0.25) is 0 Å². The minimum Gasteiger partial charge on any atom is -0.506 e. The van der Waals surface area contributed by atoms with Crippen molar-refractivity contribution in [3.8, 4) is 45.3 Å². The Bertz CT molecular complexity index is 5320. The molecule has 17 nitrogen and oxygen atoms in total. The number of aromatic hydroxyl groups is 1. The third kappa shape index (κ3) is 21.9. The molecule has 3 aromatic heterocycles. The number of anilines is 9. The molecule has 118 heavy (non-hydrogen) atoms. The van der Waals surface area contributed by atoms with Crippen LogP contribution in [0.4, 0.5) is 69.5 Å². The van der Waals surface area contributed by atoms with E-state index in [2.05, 4.69) is 71.4 Å². The van der Waals surface area contributed by atoms with E-state index in [1.807, 2.05) is 115 Å². The maximum Gasteiger partial charge on any atom is 0.227 e. The summed E-state index contributed by atoms with van der Waals surface area (Å²) in [5.74, 6) is -0.118. The number of ether oxygens (including phenoxy) is 1. The largest absolute Gasteiger partial charge is 0.506 e. The Kier molecular flexibility index (Phi) is 28.1. The van der Waals surface area contributed by atoms with Crippen molar-refractivity contribution in [3.63, 3.8) is 0 Å². The van der Waals surface area contributed by atoms with Gasteiger partial charge in [-0.25, -0.2) is 47.5 Å². The number of hydrogen-bond acceptors (Lipinski definition) is 17. The molecule has 0 saturated carbocycles. The molecule has 3 aliphatic heterocycles. The predicted octanol–water partition coefficient (Wildman–Crippen LogP) is 20.6. The average Bonchev–Trinajstić information content (AvgIpc) is 0.806. The Morgan fingerprint density at radius 1 is 0.381 bits per heavy atom. The van der Waals surface area contributed by atoms with Gasteiger partial charge in [0.05, 0.1) is 41.3 Å². The molecule has 0 unspecified atom stereocenters. The molecule has 0 amide bonds. The first-order valence-electron chi connectivity index (χ1n) is 39.9. The lowest BCUT2D eigenvalue weighted by Gasteiger charge is -2.30. The minimum atomic E-state index is -0.456. The summed E-state index contributed by atoms with van der Waals surface area (Å²) in [4.78, 5) is 70.9. The molecule has 600 valence electrons. The van der Waals surface area contributed by atoms with Crippen LogP contribution in [0.25, 0.3) is 33.8 Å². The van der Waals surface area contributed by atoms with E-state index in [0.29, 0.717) is 93.4 Å². The SMILES string of the molecule is C=CC(=O)Cc1cc(-c2nc(Nc3ccc(F)c(N4CCCCC4)c3)ncc2Cc2ccccc2)ccc1F.C=CC(=O)Cc1cc(-c2nc(Nc3ccc(O)c(N4CCCCC4)c3)ncc2Cc2ccccc2)ccc1F.C=CC(=O)Cc1cc(-c2nc(Nc3ccc(OC)c(N4CCCCC4)c3)ncc2Cc2ccccc2)ccc1F. The van der Waals surface area contributed by atoms with E-state index in [1.165, 1.54) is 55.3 Å². The molecule has 6 heterocycles. The zero-order valence-corrected chi connectivity index (χ0v) is 66.1. The molecular weight excluding hydrogens is 1490 g/mol. The first kappa shape index (κ1) is 82.5. The standard InChI is InChI=1S/C33H33FN4O2.C32H30F2N4O.C32H31FN4O2/c1-3-28(39)20-25-19-24(12-14-29(25)34)32-26(18-23-10-6-4-7-11-23)22-35-33(37-32)36-27-13-15-31(40-2)30(21-27)38-16-8-5-9-17-38;1-2-27(39)19-24-18-23(11-13-28(24)33)31-25(17-22-9-5-3-6-10-22)21-35-32(37-31)36-26-12-14-29(34)30(20-26)38-15-7-4-8-16-38;1-2-27(38)19-24-18-23(11-13-28(24)33)31-25(17-22-9-5-3-6-10-22)21-34-32(36-31)35-26-12-14-30(39)29(20-26)37-15-7-4-8-16-37/h3-4,6-7,10-15,19,21-22H,1,5,8-9,16-18,20H2,2H3,(H,35,36,37);2-3,5-6,9-14,18,20-21H,1,4,7-8,15-17,19H2,(H,35,36,37);2-3,5-6,9-14,18,20-21,39H,1,4,7-8,15-17,19H2,(H,34,35,36). The van der Waals surface area contributed by atoms with E-state index in [0.717, 1.165) is 146 Å². The van der Waals surface area contributed by atoms with Crippen molar-refractivity contribution < 1.29 is 41.8 Å². The quantitative estimate of drug-likeness (QED) is 0.0205. The highest BCUT2D eigenvalue weighted by Crippen LogP contribution is 2.38. The van der Waals surface area contributed by atoms with Crippen molar-refractivity contribution in [2.24, 2.45) is 0 Å². The number of carbonyl (C=O) groups excluding carboxylic acids is 3. The fourth-order valence-corrected chi connectivity index (χ4v) is 14.8. The highest BCUT2D eigenvalue weighted by atomic mass is 19.1. The van der Waals surface area contributed by atoms with E-state index in [-0.39, 0.29) is 53.7 Å². The third-order valence-electron chi connectivity index (χ3n) is 21.0.